The maximum Gasteiger partial charge on any atom is 0.262 e. The monoisotopic (exact) mass is 425 g/mol. The number of nitrogens with one attached hydrogen (secondary N) is 1. The molecule has 4 rings (SSSR count). The molecular formula is C19H12BrN3O2S. The van der Waals surface area contributed by atoms with Crippen molar-refractivity contribution < 1.29 is 5.11 Å². The van der Waals surface area contributed by atoms with Gasteiger partial charge in [-0.15, -0.1) is 0 Å². The van der Waals surface area contributed by atoms with Gasteiger partial charge in [0.1, 0.15) is 5.56 Å². The molecule has 128 valence electrons. The summed E-state index contributed by atoms with van der Waals surface area (Å²) < 4.78 is 2.36. The molecule has 0 atom stereocenters. The van der Waals surface area contributed by atoms with Gasteiger partial charge in [0.25, 0.3) is 5.56 Å². The van der Waals surface area contributed by atoms with Crippen molar-refractivity contribution in [3.05, 3.63) is 90.0 Å². The highest BCUT2D eigenvalue weighted by Crippen LogP contribution is 2.24. The van der Waals surface area contributed by atoms with E-state index in [0.717, 1.165) is 15.0 Å². The molecule has 2 heterocycles. The van der Waals surface area contributed by atoms with Gasteiger partial charge in [0.15, 0.2) is 4.77 Å². The van der Waals surface area contributed by atoms with E-state index in [1.54, 1.807) is 18.2 Å². The molecule has 0 amide bonds. The molecule has 0 aliphatic carbocycles. The van der Waals surface area contributed by atoms with Crippen LogP contribution < -0.4 is 16.1 Å². The Bertz CT molecular complexity index is 1270. The van der Waals surface area contributed by atoms with Crippen LogP contribution in [0.4, 0.5) is 0 Å². The summed E-state index contributed by atoms with van der Waals surface area (Å²) in [7, 11) is 0. The molecule has 1 aromatic heterocycles. The summed E-state index contributed by atoms with van der Waals surface area (Å²) in [5.74, 6) is -0.232. The fourth-order valence-electron chi connectivity index (χ4n) is 2.79. The SMILES string of the molecule is O=c1[nH]c(=S)n(-c2cccc(Br)c2)c(O)c1/C=C1\C=c2ccccc2=N1. The Kier molecular flexibility index (Phi) is 4.18. The van der Waals surface area contributed by atoms with E-state index in [1.807, 2.05) is 42.5 Å². The third kappa shape index (κ3) is 2.95. The standard InChI is InChI=1S/C19H12BrN3O2S/c20-12-5-3-6-14(9-12)23-18(25)15(17(24)22-19(23)26)10-13-8-11-4-1-2-7-16(11)21-13/h1-10,25H,(H,22,24,26)/b13-10+. The average molecular weight is 426 g/mol. The lowest BCUT2D eigenvalue weighted by molar-refractivity contribution is 0.432. The average Bonchev–Trinajstić information content (AvgIpc) is 3.01. The molecule has 7 heteroatoms. The maximum absolute atomic E-state index is 12.4. The number of aromatic nitrogens is 2. The highest BCUT2D eigenvalue weighted by Gasteiger charge is 2.14. The van der Waals surface area contributed by atoms with Gasteiger partial charge < -0.3 is 5.11 Å². The number of hydrogen-bond acceptors (Lipinski definition) is 4. The van der Waals surface area contributed by atoms with Crippen LogP contribution in [-0.2, 0) is 0 Å². The van der Waals surface area contributed by atoms with Crippen molar-refractivity contribution in [1.82, 2.24) is 9.55 Å². The zero-order valence-electron chi connectivity index (χ0n) is 13.3. The fourth-order valence-corrected chi connectivity index (χ4v) is 3.46. The minimum Gasteiger partial charge on any atom is -0.494 e. The van der Waals surface area contributed by atoms with Gasteiger partial charge >= 0.3 is 0 Å². The van der Waals surface area contributed by atoms with Gasteiger partial charge in [0, 0.05) is 9.69 Å². The molecule has 5 nitrogen and oxygen atoms in total. The number of allylic oxidation sites excluding steroid dienone is 1. The number of rotatable bonds is 2. The molecule has 1 aliphatic rings. The molecule has 3 aromatic rings. The predicted octanol–water partition coefficient (Wildman–Crippen LogP) is 2.82. The highest BCUT2D eigenvalue weighted by molar-refractivity contribution is 9.10. The van der Waals surface area contributed by atoms with E-state index >= 15 is 0 Å². The van der Waals surface area contributed by atoms with Crippen LogP contribution in [0.1, 0.15) is 5.56 Å². The molecular weight excluding hydrogens is 414 g/mol. The number of benzene rings is 2. The number of nitrogens with zero attached hydrogens (tertiary/aromatic N) is 2. The van der Waals surface area contributed by atoms with E-state index in [0.29, 0.717) is 11.4 Å². The van der Waals surface area contributed by atoms with Crippen LogP contribution in [-0.4, -0.2) is 14.7 Å². The number of para-hydroxylation sites is 1. The van der Waals surface area contributed by atoms with E-state index in [-0.39, 0.29) is 16.2 Å². The Hall–Kier alpha value is -2.77. The lowest BCUT2D eigenvalue weighted by Gasteiger charge is -2.11. The third-order valence-electron chi connectivity index (χ3n) is 3.97. The third-order valence-corrected chi connectivity index (χ3v) is 4.75. The van der Waals surface area contributed by atoms with Crippen molar-refractivity contribution in [1.29, 1.82) is 0 Å². The maximum atomic E-state index is 12.4. The van der Waals surface area contributed by atoms with Crippen molar-refractivity contribution in [2.45, 2.75) is 0 Å². The van der Waals surface area contributed by atoms with E-state index in [2.05, 4.69) is 25.9 Å². The van der Waals surface area contributed by atoms with Crippen LogP contribution in [0.5, 0.6) is 5.88 Å². The second kappa shape index (κ2) is 6.51. The fraction of sp³-hybridized carbons (Fsp3) is 0. The molecule has 1 aliphatic heterocycles. The van der Waals surface area contributed by atoms with Crippen LogP contribution in [0.15, 0.2) is 68.5 Å². The number of H-pyrrole nitrogens is 1. The van der Waals surface area contributed by atoms with Crippen LogP contribution in [0.2, 0.25) is 0 Å². The number of hydrogen-bond donors (Lipinski definition) is 2. The molecule has 0 fully saturated rings. The number of halogens is 1. The molecule has 0 saturated carbocycles. The van der Waals surface area contributed by atoms with Gasteiger partial charge in [0.05, 0.1) is 16.7 Å². The minimum atomic E-state index is -0.467. The minimum absolute atomic E-state index is 0.0985. The van der Waals surface area contributed by atoms with Crippen molar-refractivity contribution >= 4 is 40.3 Å². The second-order valence-electron chi connectivity index (χ2n) is 5.70. The lowest BCUT2D eigenvalue weighted by atomic mass is 10.2. The smallest absolute Gasteiger partial charge is 0.262 e. The molecule has 0 unspecified atom stereocenters. The van der Waals surface area contributed by atoms with Crippen molar-refractivity contribution in [2.24, 2.45) is 4.99 Å². The summed E-state index contributed by atoms with van der Waals surface area (Å²) in [6.07, 6.45) is 3.41. The summed E-state index contributed by atoms with van der Waals surface area (Å²) in [6, 6.07) is 14.9. The first kappa shape index (κ1) is 16.7. The van der Waals surface area contributed by atoms with Gasteiger partial charge in [-0.1, -0.05) is 40.2 Å². The van der Waals surface area contributed by atoms with Gasteiger partial charge in [-0.05, 0) is 48.6 Å². The first-order valence-corrected chi connectivity index (χ1v) is 8.94. The molecule has 2 aromatic carbocycles. The topological polar surface area (TPSA) is 70.4 Å². The lowest BCUT2D eigenvalue weighted by Crippen LogP contribution is -2.19. The quantitative estimate of drug-likeness (QED) is 0.620. The Balaban J connectivity index is 1.93. The highest BCUT2D eigenvalue weighted by atomic mass is 79.9. The molecule has 26 heavy (non-hydrogen) atoms. The first-order chi connectivity index (χ1) is 12.5. The Morgan fingerprint density at radius 2 is 2.00 bits per heavy atom. The van der Waals surface area contributed by atoms with Gasteiger partial charge in [0.2, 0.25) is 5.88 Å². The van der Waals surface area contributed by atoms with Gasteiger partial charge in [-0.3, -0.25) is 14.3 Å². The molecule has 0 radical (unpaired) electrons. The molecule has 0 spiro atoms. The van der Waals surface area contributed by atoms with E-state index in [1.165, 1.54) is 4.57 Å². The van der Waals surface area contributed by atoms with Gasteiger partial charge in [-0.25, -0.2) is 4.99 Å². The van der Waals surface area contributed by atoms with Crippen molar-refractivity contribution in [2.75, 3.05) is 0 Å². The Morgan fingerprint density at radius 3 is 2.77 bits per heavy atom. The number of fused-ring (bicyclic) bond motifs is 1. The van der Waals surface area contributed by atoms with Gasteiger partial charge in [-0.2, -0.15) is 0 Å². The normalized spacial score (nSPS) is 14.0. The van der Waals surface area contributed by atoms with Crippen LogP contribution in [0.3, 0.4) is 0 Å². The number of aromatic amines is 1. The second-order valence-corrected chi connectivity index (χ2v) is 7.00. The predicted molar refractivity (Wildman–Crippen MR) is 106 cm³/mol. The number of aromatic hydroxyl groups is 1. The first-order valence-electron chi connectivity index (χ1n) is 7.74. The van der Waals surface area contributed by atoms with E-state index < -0.39 is 5.56 Å². The van der Waals surface area contributed by atoms with Crippen LogP contribution >= 0.6 is 28.1 Å². The van der Waals surface area contributed by atoms with Crippen LogP contribution in [0.25, 0.3) is 17.8 Å². The largest absolute Gasteiger partial charge is 0.494 e. The van der Waals surface area contributed by atoms with E-state index in [4.69, 9.17) is 12.2 Å². The Morgan fingerprint density at radius 1 is 1.19 bits per heavy atom. The summed E-state index contributed by atoms with van der Waals surface area (Å²) in [4.78, 5) is 19.4. The summed E-state index contributed by atoms with van der Waals surface area (Å²) in [6.45, 7) is 0. The molecule has 0 saturated heterocycles. The zero-order chi connectivity index (χ0) is 18.3. The molecule has 2 N–H and O–H groups in total. The summed E-state index contributed by atoms with van der Waals surface area (Å²) >= 11 is 8.63. The van der Waals surface area contributed by atoms with Crippen molar-refractivity contribution in [3.63, 3.8) is 0 Å². The van der Waals surface area contributed by atoms with Crippen LogP contribution in [0, 0.1) is 4.77 Å². The summed E-state index contributed by atoms with van der Waals surface area (Å²) in [5, 5.41) is 12.5. The summed E-state index contributed by atoms with van der Waals surface area (Å²) in [5.41, 5.74) is 0.852. The zero-order valence-corrected chi connectivity index (χ0v) is 15.7. The molecule has 0 bridgehead atoms. The van der Waals surface area contributed by atoms with Crippen molar-refractivity contribution in [3.8, 4) is 11.6 Å². The Labute approximate surface area is 161 Å². The van der Waals surface area contributed by atoms with E-state index in [9.17, 15) is 9.90 Å².